The van der Waals surface area contributed by atoms with Crippen LogP contribution in [0.25, 0.3) is 10.9 Å². The Balaban J connectivity index is 0.0000158. The molecule has 19 N–H and O–H groups in total. The number of nitrogens with zero attached hydrogens (tertiary/aromatic N) is 2. The number of alkyl carbamates (subject to hydrolysis) is 1. The van der Waals surface area contributed by atoms with Crippen LogP contribution in [-0.2, 0) is 72.1 Å². The number of H-pyrrole nitrogens is 1. The lowest BCUT2D eigenvalue weighted by Gasteiger charge is -2.30. The second-order valence-electron chi connectivity index (χ2n) is 20.6. The van der Waals surface area contributed by atoms with Crippen LogP contribution in [0, 0.1) is 5.92 Å². The average molecular weight is 1220 g/mol. The number of amides is 11. The molecule has 0 spiro atoms. The number of phenols is 1. The molecule has 5 rings (SSSR count). The number of rotatable bonds is 32. The summed E-state index contributed by atoms with van der Waals surface area (Å²) in [5.74, 6) is -9.29. The van der Waals surface area contributed by atoms with E-state index in [1.807, 2.05) is 0 Å². The van der Waals surface area contributed by atoms with E-state index in [0.717, 1.165) is 0 Å². The third-order valence-electron chi connectivity index (χ3n) is 13.4. The van der Waals surface area contributed by atoms with Crippen LogP contribution in [0.2, 0.25) is 0 Å². The van der Waals surface area contributed by atoms with Crippen LogP contribution in [0.5, 0.6) is 5.75 Å². The van der Waals surface area contributed by atoms with E-state index < -0.39 is 134 Å². The topological polar surface area (TPSA) is 469 Å². The van der Waals surface area contributed by atoms with Gasteiger partial charge in [0, 0.05) is 43.0 Å². The molecule has 1 aliphatic rings. The Hall–Kier alpha value is -9.51. The van der Waals surface area contributed by atoms with Gasteiger partial charge in [-0.2, -0.15) is 0 Å². The van der Waals surface area contributed by atoms with Crippen molar-refractivity contribution in [1.82, 2.24) is 52.4 Å². The summed E-state index contributed by atoms with van der Waals surface area (Å²) in [5.41, 5.74) is 23.8. The van der Waals surface area contributed by atoms with Crippen LogP contribution in [0.4, 0.5) is 4.79 Å². The minimum Gasteiger partial charge on any atom is -0.508 e. The van der Waals surface area contributed by atoms with Gasteiger partial charge in [0.25, 0.3) is 0 Å². The fraction of sp³-hybridized carbons (Fsp3) is 0.429. The number of aliphatic hydroxyl groups excluding tert-OH is 1. The van der Waals surface area contributed by atoms with Crippen molar-refractivity contribution in [3.63, 3.8) is 0 Å². The number of nitrogens with one attached hydrogen (secondary N) is 9. The van der Waals surface area contributed by atoms with E-state index in [-0.39, 0.29) is 88.3 Å². The third kappa shape index (κ3) is 22.2. The Bertz CT molecular complexity index is 3030. The highest BCUT2D eigenvalue weighted by molar-refractivity contribution is 5.99. The van der Waals surface area contributed by atoms with Gasteiger partial charge >= 0.3 is 6.09 Å². The predicted octanol–water partition coefficient (Wildman–Crippen LogP) is -2.52. The van der Waals surface area contributed by atoms with Gasteiger partial charge in [0.05, 0.1) is 26.1 Å². The molecule has 1 aliphatic heterocycles. The van der Waals surface area contributed by atoms with Crippen molar-refractivity contribution in [2.75, 3.05) is 32.8 Å². The zero-order chi connectivity index (χ0) is 62.2. The molecule has 466 valence electrons. The summed E-state index contributed by atoms with van der Waals surface area (Å²) in [5, 5.41) is 41.1. The van der Waals surface area contributed by atoms with Crippen molar-refractivity contribution in [2.24, 2.45) is 33.8 Å². The Labute approximate surface area is 501 Å². The number of fused-ring (bicyclic) bond motifs is 1. The largest absolute Gasteiger partial charge is 0.508 e. The number of aromatic hydroxyl groups is 1. The van der Waals surface area contributed by atoms with Crippen LogP contribution in [-0.4, -0.2) is 166 Å². The standard InChI is InChI=1S/C56H75N15O14.ClH/c1-31(2)22-39(49(78)66-38(14-8-20-61-55(59)60)54(83)71-21-9-15-44(71)53(82)63-27-46(58)75)65-47(76)28-64-48(77)40(23-32-16-18-35(73)19-17-32)67-52(81)43(29-72)69-50(79)41(24-34-26-62-37-13-7-6-12-36(34)37)68-51(80)42(25-45(57)74)70-56(84)85-30-33-10-4-3-5-11-33;/h3-7,10-13,16-19,26,31,38-44,62,72-73H,8-9,14-15,20-25,27-30H2,1-2H3,(H2,57,74)(H2,58,75)(H,63,82)(H,64,77)(H,65,76)(H,66,78)(H,67,81)(H,68,80)(H,69,79)(H,70,84)(H4,59,60,61);1H/t38-,39-,40-,41-,42-,43-,44-;/m0./s1. The maximum atomic E-state index is 14.3. The highest BCUT2D eigenvalue weighted by atomic mass is 35.5. The third-order valence-corrected chi connectivity index (χ3v) is 13.4. The van der Waals surface area contributed by atoms with Crippen molar-refractivity contribution >= 4 is 94.4 Å². The van der Waals surface area contributed by atoms with Crippen LogP contribution >= 0.6 is 12.4 Å². The fourth-order valence-corrected chi connectivity index (χ4v) is 9.20. The van der Waals surface area contributed by atoms with E-state index in [4.69, 9.17) is 27.7 Å². The number of primary amides is 2. The van der Waals surface area contributed by atoms with Crippen molar-refractivity contribution in [2.45, 2.75) is 114 Å². The van der Waals surface area contributed by atoms with E-state index in [0.29, 0.717) is 34.0 Å². The molecule has 11 amide bonds. The summed E-state index contributed by atoms with van der Waals surface area (Å²) in [6, 6.07) is 11.2. The number of phenolic OH excluding ortho intramolecular Hbond substituents is 1. The number of ether oxygens (including phenoxy) is 1. The fourth-order valence-electron chi connectivity index (χ4n) is 9.20. The van der Waals surface area contributed by atoms with Crippen molar-refractivity contribution in [3.8, 4) is 5.75 Å². The molecule has 29 nitrogen and oxygen atoms in total. The maximum Gasteiger partial charge on any atom is 0.408 e. The summed E-state index contributed by atoms with van der Waals surface area (Å²) >= 11 is 0. The number of para-hydroxylation sites is 1. The first-order chi connectivity index (χ1) is 40.5. The number of benzene rings is 3. The number of aromatic amines is 1. The molecule has 1 saturated heterocycles. The Morgan fingerprint density at radius 2 is 1.29 bits per heavy atom. The van der Waals surface area contributed by atoms with Gasteiger partial charge in [0.15, 0.2) is 5.96 Å². The molecule has 1 fully saturated rings. The smallest absolute Gasteiger partial charge is 0.408 e. The average Bonchev–Trinajstić information content (AvgIpc) is 3.91. The first kappa shape index (κ1) is 69.0. The van der Waals surface area contributed by atoms with E-state index in [1.165, 1.54) is 29.2 Å². The van der Waals surface area contributed by atoms with Gasteiger partial charge in [-0.25, -0.2) is 4.79 Å². The van der Waals surface area contributed by atoms with Crippen LogP contribution in [0.15, 0.2) is 90.1 Å². The molecule has 0 aliphatic carbocycles. The summed E-state index contributed by atoms with van der Waals surface area (Å²) in [4.78, 5) is 156. The molecule has 0 saturated carbocycles. The number of carbonyl (C=O) groups is 11. The second kappa shape index (κ2) is 34.3. The van der Waals surface area contributed by atoms with E-state index in [2.05, 4.69) is 52.5 Å². The van der Waals surface area contributed by atoms with Crippen molar-refractivity contribution in [3.05, 3.63) is 102 Å². The summed E-state index contributed by atoms with van der Waals surface area (Å²) < 4.78 is 5.24. The highest BCUT2D eigenvalue weighted by Crippen LogP contribution is 2.22. The molecular weight excluding hydrogens is 1140 g/mol. The number of aromatic nitrogens is 1. The lowest BCUT2D eigenvalue weighted by Crippen LogP contribution is -2.60. The second-order valence-corrected chi connectivity index (χ2v) is 20.6. The lowest BCUT2D eigenvalue weighted by atomic mass is 10.0. The quantitative estimate of drug-likeness (QED) is 0.0136. The number of hydrogen-bond acceptors (Lipinski definition) is 15. The molecule has 4 aromatic rings. The molecule has 0 radical (unpaired) electrons. The van der Waals surface area contributed by atoms with Gasteiger partial charge in [0.2, 0.25) is 59.1 Å². The molecule has 30 heteroatoms. The van der Waals surface area contributed by atoms with Gasteiger partial charge in [-0.3, -0.25) is 52.9 Å². The Morgan fingerprint density at radius 3 is 1.94 bits per heavy atom. The van der Waals surface area contributed by atoms with E-state index in [1.54, 1.807) is 74.6 Å². The number of hydrogen-bond donors (Lipinski definition) is 15. The number of guanidine groups is 1. The van der Waals surface area contributed by atoms with Crippen molar-refractivity contribution in [1.29, 1.82) is 0 Å². The van der Waals surface area contributed by atoms with Crippen LogP contribution in [0.1, 0.15) is 69.1 Å². The minimum absolute atomic E-state index is 0. The number of aliphatic imine (C=N–C) groups is 1. The number of likely N-dealkylation sites (tertiary alicyclic amines) is 1. The van der Waals surface area contributed by atoms with Gasteiger partial charge in [-0.15, -0.1) is 12.4 Å². The molecule has 7 atom stereocenters. The normalized spacial score (nSPS) is 14.7. The summed E-state index contributed by atoms with van der Waals surface area (Å²) in [6.45, 7) is 1.35. The van der Waals surface area contributed by atoms with Gasteiger partial charge in [-0.1, -0.05) is 74.5 Å². The molecule has 0 unspecified atom stereocenters. The molecule has 86 heavy (non-hydrogen) atoms. The number of nitrogens with two attached hydrogens (primary N) is 4. The number of carbonyl (C=O) groups excluding carboxylic acids is 11. The van der Waals surface area contributed by atoms with E-state index >= 15 is 0 Å². The molecule has 3 aromatic carbocycles. The van der Waals surface area contributed by atoms with Crippen molar-refractivity contribution < 1.29 is 67.7 Å². The van der Waals surface area contributed by atoms with E-state index in [9.17, 15) is 63.0 Å². The molecular formula is C56H76ClN15O14. The van der Waals surface area contributed by atoms with Crippen LogP contribution < -0.4 is 65.5 Å². The first-order valence-corrected chi connectivity index (χ1v) is 27.4. The minimum atomic E-state index is -1.80. The maximum absolute atomic E-state index is 14.3. The van der Waals surface area contributed by atoms with Gasteiger partial charge in [0.1, 0.15) is 54.6 Å². The van der Waals surface area contributed by atoms with Gasteiger partial charge in [-0.05, 0) is 72.9 Å². The van der Waals surface area contributed by atoms with Crippen LogP contribution in [0.3, 0.4) is 0 Å². The predicted molar refractivity (Wildman–Crippen MR) is 314 cm³/mol. The lowest BCUT2D eigenvalue weighted by molar-refractivity contribution is -0.142. The number of aliphatic hydroxyl groups is 1. The Morgan fingerprint density at radius 1 is 0.674 bits per heavy atom. The number of halogens is 1. The molecule has 2 heterocycles. The molecule has 0 bridgehead atoms. The SMILES string of the molecule is CC(C)C[C@H](NC(=O)CNC(=O)[C@H](Cc1ccc(O)cc1)NC(=O)[C@H](CO)NC(=O)[C@H](Cc1c[nH]c2ccccc12)NC(=O)[C@H](CC(N)=O)NC(=O)OCc1ccccc1)C(=O)N[C@@H](CCCN=C(N)N)C(=O)N1CCC[C@H]1C(=O)NCC(N)=O.Cl. The zero-order valence-electron chi connectivity index (χ0n) is 47.5. The molecule has 1 aromatic heterocycles. The Kier molecular flexibility index (Phi) is 27.5. The monoisotopic (exact) mass is 1220 g/mol. The van der Waals surface area contributed by atoms with Gasteiger partial charge < -0.3 is 90.3 Å². The summed E-state index contributed by atoms with van der Waals surface area (Å²) in [6.07, 6.45) is 0.268. The summed E-state index contributed by atoms with van der Waals surface area (Å²) in [7, 11) is 0. The highest BCUT2D eigenvalue weighted by Gasteiger charge is 2.39. The zero-order valence-corrected chi connectivity index (χ0v) is 48.3. The first-order valence-electron chi connectivity index (χ1n) is 27.4.